The molecule has 18 heavy (non-hydrogen) atoms. The number of hydrogen-bond donors (Lipinski definition) is 0. The van der Waals surface area contributed by atoms with Crippen molar-refractivity contribution < 1.29 is 14.3 Å². The zero-order valence-corrected chi connectivity index (χ0v) is 10.4. The maximum Gasteiger partial charge on any atom is 0.312 e. The molecular formula is C15H18O3. The molecular weight excluding hydrogens is 228 g/mol. The van der Waals surface area contributed by atoms with Gasteiger partial charge in [-0.25, -0.2) is 0 Å². The Kier molecular flexibility index (Phi) is 4.53. The van der Waals surface area contributed by atoms with E-state index in [9.17, 15) is 4.79 Å². The molecule has 0 N–H and O–H groups in total. The minimum Gasteiger partial charge on any atom is -0.436 e. The molecule has 1 atom stereocenters. The molecule has 1 aliphatic rings. The molecule has 0 spiro atoms. The van der Waals surface area contributed by atoms with Crippen LogP contribution in [0.2, 0.25) is 0 Å². The molecule has 0 radical (unpaired) electrons. The van der Waals surface area contributed by atoms with Gasteiger partial charge in [0.2, 0.25) is 6.29 Å². The molecule has 3 nitrogen and oxygen atoms in total. The molecule has 1 unspecified atom stereocenters. The Bertz CT molecular complexity index is 402. The van der Waals surface area contributed by atoms with Gasteiger partial charge in [-0.05, 0) is 24.0 Å². The number of rotatable bonds is 4. The third-order valence-corrected chi connectivity index (χ3v) is 2.96. The Hall–Kier alpha value is -1.61. The van der Waals surface area contributed by atoms with Gasteiger partial charge < -0.3 is 9.47 Å². The van der Waals surface area contributed by atoms with Crippen LogP contribution in [0.25, 0.3) is 6.08 Å². The van der Waals surface area contributed by atoms with E-state index >= 15 is 0 Å². The molecule has 1 aromatic rings. The summed E-state index contributed by atoms with van der Waals surface area (Å²) in [6.07, 6.45) is 4.64. The third-order valence-electron chi connectivity index (χ3n) is 2.96. The van der Waals surface area contributed by atoms with E-state index in [1.54, 1.807) is 6.08 Å². The third kappa shape index (κ3) is 3.70. The fourth-order valence-corrected chi connectivity index (χ4v) is 1.93. The topological polar surface area (TPSA) is 35.5 Å². The van der Waals surface area contributed by atoms with Crippen LogP contribution in [0.1, 0.15) is 30.4 Å². The molecule has 1 aliphatic heterocycles. The second kappa shape index (κ2) is 6.36. The highest BCUT2D eigenvalue weighted by atomic mass is 16.7. The van der Waals surface area contributed by atoms with Crippen LogP contribution in [-0.2, 0) is 20.7 Å². The fourth-order valence-electron chi connectivity index (χ4n) is 1.93. The van der Waals surface area contributed by atoms with Crippen molar-refractivity contribution in [3.05, 3.63) is 42.0 Å². The molecule has 1 fully saturated rings. The lowest BCUT2D eigenvalue weighted by Crippen LogP contribution is -2.26. The van der Waals surface area contributed by atoms with Crippen molar-refractivity contribution in [1.82, 2.24) is 0 Å². The van der Waals surface area contributed by atoms with E-state index < -0.39 is 0 Å². The van der Waals surface area contributed by atoms with E-state index in [1.807, 2.05) is 24.3 Å². The van der Waals surface area contributed by atoms with Crippen molar-refractivity contribution in [1.29, 1.82) is 0 Å². The second-order valence-corrected chi connectivity index (χ2v) is 4.41. The normalized spacial score (nSPS) is 19.2. The number of hydrogen-bond acceptors (Lipinski definition) is 3. The van der Waals surface area contributed by atoms with Gasteiger partial charge in [0.25, 0.3) is 0 Å². The summed E-state index contributed by atoms with van der Waals surface area (Å²) in [5, 5.41) is 0. The lowest BCUT2D eigenvalue weighted by Gasteiger charge is -2.22. The van der Waals surface area contributed by atoms with Gasteiger partial charge in [0, 0.05) is 6.42 Å². The van der Waals surface area contributed by atoms with Crippen LogP contribution in [0.3, 0.4) is 0 Å². The molecule has 0 aromatic heterocycles. The monoisotopic (exact) mass is 246 g/mol. The van der Waals surface area contributed by atoms with Gasteiger partial charge in [0.05, 0.1) is 13.0 Å². The van der Waals surface area contributed by atoms with E-state index in [1.165, 1.54) is 0 Å². The Labute approximate surface area is 107 Å². The van der Waals surface area contributed by atoms with Crippen molar-refractivity contribution in [3.8, 4) is 0 Å². The molecule has 0 amide bonds. The number of ether oxygens (including phenoxy) is 2. The molecule has 0 bridgehead atoms. The Morgan fingerprint density at radius 2 is 2.17 bits per heavy atom. The average Bonchev–Trinajstić information content (AvgIpc) is 2.40. The maximum absolute atomic E-state index is 11.7. The first-order valence-corrected chi connectivity index (χ1v) is 6.30. The molecule has 2 rings (SSSR count). The van der Waals surface area contributed by atoms with Crippen molar-refractivity contribution in [2.75, 3.05) is 6.61 Å². The smallest absolute Gasteiger partial charge is 0.312 e. The minimum absolute atomic E-state index is 0.228. The first-order chi connectivity index (χ1) is 8.78. The van der Waals surface area contributed by atoms with Crippen LogP contribution in [0.15, 0.2) is 30.8 Å². The van der Waals surface area contributed by atoms with Gasteiger partial charge in [0.1, 0.15) is 0 Å². The quantitative estimate of drug-likeness (QED) is 0.766. The molecule has 1 heterocycles. The van der Waals surface area contributed by atoms with E-state index in [0.717, 1.165) is 30.4 Å². The summed E-state index contributed by atoms with van der Waals surface area (Å²) in [6.45, 7) is 4.38. The van der Waals surface area contributed by atoms with Gasteiger partial charge in [0.15, 0.2) is 0 Å². The Balaban J connectivity index is 1.83. The average molecular weight is 246 g/mol. The summed E-state index contributed by atoms with van der Waals surface area (Å²) in [5.74, 6) is -0.228. The molecule has 0 saturated carbocycles. The molecule has 1 aromatic carbocycles. The van der Waals surface area contributed by atoms with Gasteiger partial charge >= 0.3 is 5.97 Å². The van der Waals surface area contributed by atoms with E-state index in [2.05, 4.69) is 6.58 Å². The first kappa shape index (κ1) is 12.8. The van der Waals surface area contributed by atoms with E-state index in [0.29, 0.717) is 6.61 Å². The van der Waals surface area contributed by atoms with Gasteiger partial charge in [-0.2, -0.15) is 0 Å². The van der Waals surface area contributed by atoms with Crippen molar-refractivity contribution >= 4 is 12.0 Å². The number of esters is 1. The van der Waals surface area contributed by atoms with Crippen LogP contribution in [0.4, 0.5) is 0 Å². The van der Waals surface area contributed by atoms with Crippen molar-refractivity contribution in [2.24, 2.45) is 0 Å². The highest BCUT2D eigenvalue weighted by Gasteiger charge is 2.18. The summed E-state index contributed by atoms with van der Waals surface area (Å²) in [6, 6.07) is 7.71. The van der Waals surface area contributed by atoms with Gasteiger partial charge in [-0.3, -0.25) is 4.79 Å². The largest absolute Gasteiger partial charge is 0.436 e. The van der Waals surface area contributed by atoms with Gasteiger partial charge in [-0.1, -0.05) is 36.9 Å². The van der Waals surface area contributed by atoms with Crippen LogP contribution < -0.4 is 0 Å². The van der Waals surface area contributed by atoms with E-state index in [4.69, 9.17) is 9.47 Å². The van der Waals surface area contributed by atoms with Crippen molar-refractivity contribution in [2.45, 2.75) is 32.0 Å². The number of carbonyl (C=O) groups excluding carboxylic acids is 1. The standard InChI is InChI=1S/C15H18O3/c1-2-12-6-8-13(9-7-12)11-14(16)18-15-5-3-4-10-17-15/h2,6-9,15H,1,3-5,10-11H2. The molecule has 96 valence electrons. The molecule has 1 saturated heterocycles. The Morgan fingerprint density at radius 1 is 1.39 bits per heavy atom. The predicted octanol–water partition coefficient (Wildman–Crippen LogP) is 2.94. The van der Waals surface area contributed by atoms with E-state index in [-0.39, 0.29) is 18.7 Å². The number of carbonyl (C=O) groups is 1. The van der Waals surface area contributed by atoms with Crippen molar-refractivity contribution in [3.63, 3.8) is 0 Å². The van der Waals surface area contributed by atoms with Crippen LogP contribution in [-0.4, -0.2) is 18.9 Å². The van der Waals surface area contributed by atoms with Gasteiger partial charge in [-0.15, -0.1) is 0 Å². The fraction of sp³-hybridized carbons (Fsp3) is 0.400. The SMILES string of the molecule is C=Cc1ccc(CC(=O)OC2CCCCO2)cc1. The first-order valence-electron chi connectivity index (χ1n) is 6.30. The summed E-state index contributed by atoms with van der Waals surface area (Å²) < 4.78 is 10.6. The molecule has 0 aliphatic carbocycles. The predicted molar refractivity (Wildman–Crippen MR) is 69.9 cm³/mol. The highest BCUT2D eigenvalue weighted by molar-refractivity contribution is 5.72. The summed E-state index contributed by atoms with van der Waals surface area (Å²) in [4.78, 5) is 11.7. The highest BCUT2D eigenvalue weighted by Crippen LogP contribution is 2.15. The number of benzene rings is 1. The Morgan fingerprint density at radius 3 is 2.78 bits per heavy atom. The maximum atomic E-state index is 11.7. The lowest BCUT2D eigenvalue weighted by atomic mass is 10.1. The van der Waals surface area contributed by atoms with Crippen LogP contribution in [0, 0.1) is 0 Å². The summed E-state index contributed by atoms with van der Waals surface area (Å²) in [5.41, 5.74) is 1.99. The van der Waals surface area contributed by atoms with Crippen LogP contribution in [0.5, 0.6) is 0 Å². The summed E-state index contributed by atoms with van der Waals surface area (Å²) in [7, 11) is 0. The molecule has 3 heteroatoms. The summed E-state index contributed by atoms with van der Waals surface area (Å²) >= 11 is 0. The zero-order chi connectivity index (χ0) is 12.8. The lowest BCUT2D eigenvalue weighted by molar-refractivity contribution is -0.185. The van der Waals surface area contributed by atoms with Crippen LogP contribution >= 0.6 is 0 Å². The zero-order valence-electron chi connectivity index (χ0n) is 10.4. The second-order valence-electron chi connectivity index (χ2n) is 4.41. The minimum atomic E-state index is -0.348.